The van der Waals surface area contributed by atoms with Crippen LogP contribution >= 0.6 is 11.6 Å². The van der Waals surface area contributed by atoms with Crippen LogP contribution in [0.5, 0.6) is 5.75 Å². The molecule has 2 unspecified atom stereocenters. The van der Waals surface area contributed by atoms with Crippen LogP contribution in [0.4, 0.5) is 5.95 Å². The number of halogens is 1. The number of hydrogen-bond acceptors (Lipinski definition) is 3. The molecule has 4 aromatic rings. The highest BCUT2D eigenvalue weighted by atomic mass is 35.5. The Morgan fingerprint density at radius 2 is 1.82 bits per heavy atom. The highest BCUT2D eigenvalue weighted by Crippen LogP contribution is 2.41. The monoisotopic (exact) mass is 389 g/mol. The molecule has 0 radical (unpaired) electrons. The number of hydrogen-bond donors (Lipinski definition) is 1. The first-order valence-electron chi connectivity index (χ1n) is 9.36. The van der Waals surface area contributed by atoms with Crippen molar-refractivity contribution in [2.75, 3.05) is 12.4 Å². The fraction of sp³-hybridized carbons (Fsp3) is 0.174. The molecule has 0 amide bonds. The molecule has 1 aliphatic heterocycles. The van der Waals surface area contributed by atoms with Gasteiger partial charge in [-0.2, -0.15) is 0 Å². The quantitative estimate of drug-likeness (QED) is 0.478. The molecule has 1 N–H and O–H groups in total. The first kappa shape index (κ1) is 17.1. The van der Waals surface area contributed by atoms with Crippen molar-refractivity contribution in [1.82, 2.24) is 9.55 Å². The lowest BCUT2D eigenvalue weighted by Gasteiger charge is -2.33. The number of methoxy groups -OCH3 is 1. The van der Waals surface area contributed by atoms with E-state index >= 15 is 0 Å². The molecule has 0 fully saturated rings. The van der Waals surface area contributed by atoms with E-state index in [2.05, 4.69) is 52.3 Å². The Labute approximate surface area is 168 Å². The average molecular weight is 390 g/mol. The number of nitrogens with one attached hydrogen (secondary N) is 1. The van der Waals surface area contributed by atoms with Crippen molar-refractivity contribution >= 4 is 28.6 Å². The number of benzene rings is 3. The third-order valence-corrected chi connectivity index (χ3v) is 5.67. The van der Waals surface area contributed by atoms with Crippen molar-refractivity contribution in [3.8, 4) is 5.75 Å². The molecule has 140 valence electrons. The molecule has 5 rings (SSSR count). The fourth-order valence-electron chi connectivity index (χ4n) is 4.05. The summed E-state index contributed by atoms with van der Waals surface area (Å²) in [5.41, 5.74) is 4.54. The van der Waals surface area contributed by atoms with Gasteiger partial charge in [0.05, 0.1) is 30.2 Å². The predicted molar refractivity (Wildman–Crippen MR) is 113 cm³/mol. The van der Waals surface area contributed by atoms with Crippen molar-refractivity contribution in [2.24, 2.45) is 0 Å². The maximum absolute atomic E-state index is 6.09. The summed E-state index contributed by atoms with van der Waals surface area (Å²) in [6, 6.07) is 24.9. The van der Waals surface area contributed by atoms with E-state index in [4.69, 9.17) is 21.3 Å². The molecule has 2 heterocycles. The normalized spacial score (nSPS) is 18.5. The summed E-state index contributed by atoms with van der Waals surface area (Å²) < 4.78 is 7.77. The molecule has 0 saturated carbocycles. The summed E-state index contributed by atoms with van der Waals surface area (Å²) in [6.07, 6.45) is 0.905. The van der Waals surface area contributed by atoms with Crippen molar-refractivity contribution in [3.63, 3.8) is 0 Å². The third-order valence-electron chi connectivity index (χ3n) is 5.42. The fourth-order valence-corrected chi connectivity index (χ4v) is 4.18. The molecular formula is C23H20ClN3O. The highest BCUT2D eigenvalue weighted by molar-refractivity contribution is 6.30. The molecule has 4 nitrogen and oxygen atoms in total. The van der Waals surface area contributed by atoms with Gasteiger partial charge in [-0.25, -0.2) is 4.98 Å². The Balaban J connectivity index is 1.66. The summed E-state index contributed by atoms with van der Waals surface area (Å²) in [7, 11) is 1.70. The Morgan fingerprint density at radius 1 is 1.00 bits per heavy atom. The molecule has 28 heavy (non-hydrogen) atoms. The van der Waals surface area contributed by atoms with Crippen LogP contribution in [-0.2, 0) is 0 Å². The molecule has 1 aliphatic rings. The zero-order valence-electron chi connectivity index (χ0n) is 15.5. The molecule has 2 atom stereocenters. The van der Waals surface area contributed by atoms with E-state index in [1.807, 2.05) is 30.3 Å². The van der Waals surface area contributed by atoms with Crippen molar-refractivity contribution < 1.29 is 4.74 Å². The Morgan fingerprint density at radius 3 is 2.64 bits per heavy atom. The zero-order valence-corrected chi connectivity index (χ0v) is 16.2. The lowest BCUT2D eigenvalue weighted by atomic mass is 9.93. The number of aromatic nitrogens is 2. The number of imidazole rings is 1. The number of anilines is 1. The van der Waals surface area contributed by atoms with E-state index in [-0.39, 0.29) is 12.1 Å². The van der Waals surface area contributed by atoms with Crippen LogP contribution in [0.15, 0.2) is 72.8 Å². The first-order valence-corrected chi connectivity index (χ1v) is 9.73. The minimum Gasteiger partial charge on any atom is -0.497 e. The van der Waals surface area contributed by atoms with Gasteiger partial charge in [0.25, 0.3) is 0 Å². The van der Waals surface area contributed by atoms with Gasteiger partial charge in [0.1, 0.15) is 5.75 Å². The second-order valence-corrected chi connectivity index (χ2v) is 7.51. The molecule has 0 bridgehead atoms. The molecule has 1 aromatic heterocycles. The molecule has 5 heteroatoms. The number of rotatable bonds is 3. The van der Waals surface area contributed by atoms with Crippen LogP contribution in [0, 0.1) is 0 Å². The van der Waals surface area contributed by atoms with Crippen LogP contribution in [-0.4, -0.2) is 16.7 Å². The minimum atomic E-state index is 0.151. The van der Waals surface area contributed by atoms with Crippen molar-refractivity contribution in [3.05, 3.63) is 88.9 Å². The predicted octanol–water partition coefficient (Wildman–Crippen LogP) is 5.84. The molecule has 3 aromatic carbocycles. The largest absolute Gasteiger partial charge is 0.497 e. The van der Waals surface area contributed by atoms with Gasteiger partial charge in [-0.15, -0.1) is 0 Å². The number of nitrogens with zero attached hydrogens (tertiary/aromatic N) is 2. The summed E-state index contributed by atoms with van der Waals surface area (Å²) in [5.74, 6) is 1.75. The number of para-hydroxylation sites is 2. The Bertz CT molecular complexity index is 1140. The van der Waals surface area contributed by atoms with Crippen LogP contribution in [0.1, 0.15) is 29.6 Å². The van der Waals surface area contributed by atoms with Crippen LogP contribution in [0.3, 0.4) is 0 Å². The number of fused-ring (bicyclic) bond motifs is 3. The van der Waals surface area contributed by atoms with Crippen LogP contribution in [0.2, 0.25) is 5.02 Å². The third kappa shape index (κ3) is 2.90. The maximum atomic E-state index is 6.09. The van der Waals surface area contributed by atoms with Gasteiger partial charge in [-0.3, -0.25) is 0 Å². The zero-order chi connectivity index (χ0) is 19.1. The van der Waals surface area contributed by atoms with E-state index < -0.39 is 0 Å². The number of ether oxygens (including phenoxy) is 1. The van der Waals surface area contributed by atoms with Gasteiger partial charge in [0, 0.05) is 5.02 Å². The second kappa shape index (κ2) is 6.88. The highest BCUT2D eigenvalue weighted by Gasteiger charge is 2.31. The molecule has 0 saturated heterocycles. The summed E-state index contributed by atoms with van der Waals surface area (Å²) >= 11 is 6.09. The van der Waals surface area contributed by atoms with Gasteiger partial charge in [0.15, 0.2) is 0 Å². The van der Waals surface area contributed by atoms with Gasteiger partial charge < -0.3 is 14.6 Å². The van der Waals surface area contributed by atoms with Crippen molar-refractivity contribution in [1.29, 1.82) is 0 Å². The smallest absolute Gasteiger partial charge is 0.204 e. The molecular weight excluding hydrogens is 370 g/mol. The van der Waals surface area contributed by atoms with E-state index in [1.54, 1.807) is 7.11 Å². The first-order chi connectivity index (χ1) is 13.7. The summed E-state index contributed by atoms with van der Waals surface area (Å²) in [6.45, 7) is 0. The lowest BCUT2D eigenvalue weighted by Crippen LogP contribution is -2.27. The van der Waals surface area contributed by atoms with Crippen molar-refractivity contribution in [2.45, 2.75) is 18.5 Å². The van der Waals surface area contributed by atoms with E-state index in [0.29, 0.717) is 0 Å². The van der Waals surface area contributed by atoms with Gasteiger partial charge in [-0.05, 0) is 53.9 Å². The molecule has 0 aliphatic carbocycles. The topological polar surface area (TPSA) is 39.1 Å². The van der Waals surface area contributed by atoms with Gasteiger partial charge in [-0.1, -0.05) is 48.0 Å². The van der Waals surface area contributed by atoms with E-state index in [0.717, 1.165) is 34.2 Å². The van der Waals surface area contributed by atoms with Gasteiger partial charge >= 0.3 is 0 Å². The van der Waals surface area contributed by atoms with Crippen LogP contribution in [0.25, 0.3) is 11.0 Å². The Kier molecular flexibility index (Phi) is 4.21. The second-order valence-electron chi connectivity index (χ2n) is 7.07. The van der Waals surface area contributed by atoms with E-state index in [1.165, 1.54) is 11.1 Å². The lowest BCUT2D eigenvalue weighted by molar-refractivity contribution is 0.411. The maximum Gasteiger partial charge on any atom is 0.204 e. The summed E-state index contributed by atoms with van der Waals surface area (Å²) in [5, 5.41) is 4.37. The standard InChI is InChI=1S/C23H20ClN3O/c1-28-18-6-4-5-16(13-18)22-14-20(15-9-11-17(24)12-10-15)26-23-25-19-7-2-3-8-21(19)27(22)23/h2-13,20,22H,14H2,1H3,(H,25,26). The van der Waals surface area contributed by atoms with Crippen LogP contribution < -0.4 is 10.1 Å². The summed E-state index contributed by atoms with van der Waals surface area (Å²) in [4.78, 5) is 4.86. The average Bonchev–Trinajstić information content (AvgIpc) is 3.12. The molecule has 0 spiro atoms. The Hall–Kier alpha value is -2.98. The minimum absolute atomic E-state index is 0.151. The van der Waals surface area contributed by atoms with E-state index in [9.17, 15) is 0 Å². The SMILES string of the molecule is COc1cccc(C2CC(c3ccc(Cl)cc3)Nc3nc4ccccc4n32)c1. The van der Waals surface area contributed by atoms with Gasteiger partial charge in [0.2, 0.25) is 5.95 Å².